The van der Waals surface area contributed by atoms with Gasteiger partial charge < -0.3 is 14.5 Å². The quantitative estimate of drug-likeness (QED) is 0.289. The monoisotopic (exact) mass is 511 g/mol. The Balaban J connectivity index is 1.63. The number of hydrogen-bond acceptors (Lipinski definition) is 4. The molecule has 32 heavy (non-hydrogen) atoms. The minimum absolute atomic E-state index is 0.297. The lowest BCUT2D eigenvalue weighted by Gasteiger charge is -2.14. The number of methoxy groups -OCH3 is 1. The third kappa shape index (κ3) is 4.77. The lowest BCUT2D eigenvalue weighted by atomic mass is 10.1. The zero-order valence-electron chi connectivity index (χ0n) is 16.8. The Bertz CT molecular complexity index is 1360. The summed E-state index contributed by atoms with van der Waals surface area (Å²) in [7, 11) is 1.55. The van der Waals surface area contributed by atoms with Crippen molar-refractivity contribution in [3.05, 3.63) is 86.9 Å². The SMILES string of the molecule is COc1cc(/C=C(/C#N)c2nc3ccc(F)cc3[nH]2)cc(Br)c1OCc1ccc(Cl)cc1. The maximum Gasteiger partial charge on any atom is 0.175 e. The van der Waals surface area contributed by atoms with Crippen LogP contribution in [0.3, 0.4) is 0 Å². The molecule has 5 nitrogen and oxygen atoms in total. The van der Waals surface area contributed by atoms with Gasteiger partial charge in [0, 0.05) is 5.02 Å². The molecule has 0 aliphatic heterocycles. The number of aromatic nitrogens is 2. The van der Waals surface area contributed by atoms with Crippen LogP contribution in [0.5, 0.6) is 11.5 Å². The van der Waals surface area contributed by atoms with Crippen LogP contribution in [-0.2, 0) is 6.61 Å². The van der Waals surface area contributed by atoms with E-state index in [-0.39, 0.29) is 5.82 Å². The molecule has 160 valence electrons. The first-order valence-corrected chi connectivity index (χ1v) is 10.7. The Morgan fingerprint density at radius 1 is 1.22 bits per heavy atom. The largest absolute Gasteiger partial charge is 0.493 e. The van der Waals surface area contributed by atoms with Gasteiger partial charge in [0.2, 0.25) is 0 Å². The van der Waals surface area contributed by atoms with Crippen LogP contribution in [0, 0.1) is 17.1 Å². The molecule has 8 heteroatoms. The normalized spacial score (nSPS) is 11.4. The standard InChI is InChI=1S/C24H16BrClFN3O2/c1-31-22-10-15(9-19(25)23(22)32-13-14-2-4-17(26)5-3-14)8-16(12-28)24-29-20-7-6-18(27)11-21(20)30-24/h2-11H,13H2,1H3,(H,29,30)/b16-8-. The van der Waals surface area contributed by atoms with E-state index in [4.69, 9.17) is 21.1 Å². The molecule has 1 N–H and O–H groups in total. The van der Waals surface area contributed by atoms with Crippen LogP contribution in [0.2, 0.25) is 5.02 Å². The van der Waals surface area contributed by atoms with Crippen molar-refractivity contribution < 1.29 is 13.9 Å². The third-order valence-corrected chi connectivity index (χ3v) is 5.52. The van der Waals surface area contributed by atoms with Gasteiger partial charge in [-0.2, -0.15) is 5.26 Å². The Labute approximate surface area is 197 Å². The summed E-state index contributed by atoms with van der Waals surface area (Å²) in [5.41, 5.74) is 3.06. The molecule has 1 heterocycles. The number of aromatic amines is 1. The van der Waals surface area contributed by atoms with E-state index >= 15 is 0 Å². The van der Waals surface area contributed by atoms with Gasteiger partial charge in [-0.1, -0.05) is 23.7 Å². The summed E-state index contributed by atoms with van der Waals surface area (Å²) in [5, 5.41) is 10.3. The van der Waals surface area contributed by atoms with Gasteiger partial charge in [0.1, 0.15) is 24.3 Å². The Kier molecular flexibility index (Phi) is 6.45. The molecule has 1 aromatic heterocycles. The predicted molar refractivity (Wildman–Crippen MR) is 126 cm³/mol. The fourth-order valence-corrected chi connectivity index (χ4v) is 3.83. The Morgan fingerprint density at radius 3 is 2.72 bits per heavy atom. The molecule has 4 rings (SSSR count). The number of nitrogens with one attached hydrogen (secondary N) is 1. The maximum absolute atomic E-state index is 13.5. The number of allylic oxidation sites excluding steroid dienone is 1. The summed E-state index contributed by atoms with van der Waals surface area (Å²) in [6, 6.07) is 17.3. The number of halogens is 3. The highest BCUT2D eigenvalue weighted by Crippen LogP contribution is 2.38. The highest BCUT2D eigenvalue weighted by molar-refractivity contribution is 9.10. The fourth-order valence-electron chi connectivity index (χ4n) is 3.13. The summed E-state index contributed by atoms with van der Waals surface area (Å²) < 4.78 is 25.6. The van der Waals surface area contributed by atoms with Crippen molar-refractivity contribution >= 4 is 50.2 Å². The van der Waals surface area contributed by atoms with Crippen molar-refractivity contribution in [2.75, 3.05) is 7.11 Å². The van der Waals surface area contributed by atoms with Crippen molar-refractivity contribution in [1.82, 2.24) is 9.97 Å². The average Bonchev–Trinajstić information content (AvgIpc) is 3.20. The first-order chi connectivity index (χ1) is 15.5. The molecule has 0 fully saturated rings. The van der Waals surface area contributed by atoms with Crippen LogP contribution < -0.4 is 9.47 Å². The van der Waals surface area contributed by atoms with E-state index in [2.05, 4.69) is 32.0 Å². The predicted octanol–water partition coefficient (Wildman–Crippen LogP) is 6.77. The number of nitrogens with zero attached hydrogens (tertiary/aromatic N) is 2. The first kappa shape index (κ1) is 21.9. The number of rotatable bonds is 6. The molecule has 0 aliphatic rings. The topological polar surface area (TPSA) is 70.9 Å². The number of ether oxygens (including phenoxy) is 2. The molecule has 0 amide bonds. The summed E-state index contributed by atoms with van der Waals surface area (Å²) in [4.78, 5) is 7.37. The summed E-state index contributed by atoms with van der Waals surface area (Å²) in [6.07, 6.45) is 1.67. The Hall–Kier alpha value is -3.34. The molecular weight excluding hydrogens is 497 g/mol. The highest BCUT2D eigenvalue weighted by atomic mass is 79.9. The number of fused-ring (bicyclic) bond motifs is 1. The van der Waals surface area contributed by atoms with E-state index in [1.165, 1.54) is 12.1 Å². The molecule has 3 aromatic carbocycles. The van der Waals surface area contributed by atoms with Gasteiger partial charge in [-0.3, -0.25) is 0 Å². The van der Waals surface area contributed by atoms with Gasteiger partial charge in [0.15, 0.2) is 11.5 Å². The van der Waals surface area contributed by atoms with E-state index in [0.29, 0.717) is 55.6 Å². The van der Waals surface area contributed by atoms with E-state index < -0.39 is 0 Å². The second-order valence-corrected chi connectivity index (χ2v) is 8.16. The molecule has 0 unspecified atom stereocenters. The van der Waals surface area contributed by atoms with Gasteiger partial charge in [-0.15, -0.1) is 0 Å². The molecular formula is C24H16BrClFN3O2. The Morgan fingerprint density at radius 2 is 2.00 bits per heavy atom. The van der Waals surface area contributed by atoms with Crippen LogP contribution in [0.25, 0.3) is 22.7 Å². The zero-order valence-corrected chi connectivity index (χ0v) is 19.2. The van der Waals surface area contributed by atoms with Crippen molar-refractivity contribution in [3.63, 3.8) is 0 Å². The highest BCUT2D eigenvalue weighted by Gasteiger charge is 2.14. The zero-order chi connectivity index (χ0) is 22.7. The van der Waals surface area contributed by atoms with Gasteiger partial charge in [0.25, 0.3) is 0 Å². The van der Waals surface area contributed by atoms with Crippen LogP contribution >= 0.6 is 27.5 Å². The van der Waals surface area contributed by atoms with Gasteiger partial charge in [-0.05, 0) is 75.6 Å². The second kappa shape index (κ2) is 9.43. The molecule has 0 bridgehead atoms. The number of H-pyrrole nitrogens is 1. The van der Waals surface area contributed by atoms with Crippen LogP contribution in [0.15, 0.2) is 59.1 Å². The third-order valence-electron chi connectivity index (χ3n) is 4.68. The second-order valence-electron chi connectivity index (χ2n) is 6.87. The number of imidazole rings is 1. The van der Waals surface area contributed by atoms with Gasteiger partial charge in [-0.25, -0.2) is 9.37 Å². The molecule has 0 radical (unpaired) electrons. The maximum atomic E-state index is 13.5. The minimum Gasteiger partial charge on any atom is -0.493 e. The number of nitriles is 1. The van der Waals surface area contributed by atoms with Crippen molar-refractivity contribution in [3.8, 4) is 17.6 Å². The van der Waals surface area contributed by atoms with E-state index in [0.717, 1.165) is 5.56 Å². The van der Waals surface area contributed by atoms with Crippen molar-refractivity contribution in [1.29, 1.82) is 5.26 Å². The lowest BCUT2D eigenvalue weighted by molar-refractivity contribution is 0.282. The van der Waals surface area contributed by atoms with Crippen LogP contribution in [0.4, 0.5) is 4.39 Å². The smallest absolute Gasteiger partial charge is 0.175 e. The van der Waals surface area contributed by atoms with E-state index in [1.807, 2.05) is 18.2 Å². The molecule has 0 spiro atoms. The number of benzene rings is 3. The summed E-state index contributed by atoms with van der Waals surface area (Å²) in [6.45, 7) is 0.334. The van der Waals surface area contributed by atoms with Crippen molar-refractivity contribution in [2.24, 2.45) is 0 Å². The minimum atomic E-state index is -0.377. The van der Waals surface area contributed by atoms with Gasteiger partial charge in [0.05, 0.1) is 28.2 Å². The molecule has 0 saturated heterocycles. The first-order valence-electron chi connectivity index (χ1n) is 9.49. The molecule has 4 aromatic rings. The van der Waals surface area contributed by atoms with Crippen LogP contribution in [-0.4, -0.2) is 17.1 Å². The van der Waals surface area contributed by atoms with Crippen molar-refractivity contribution in [2.45, 2.75) is 6.61 Å². The summed E-state index contributed by atoms with van der Waals surface area (Å²) in [5.74, 6) is 1.02. The van der Waals surface area contributed by atoms with Gasteiger partial charge >= 0.3 is 0 Å². The fraction of sp³-hybridized carbons (Fsp3) is 0.0833. The lowest BCUT2D eigenvalue weighted by Crippen LogP contribution is -1.99. The molecule has 0 aliphatic carbocycles. The summed E-state index contributed by atoms with van der Waals surface area (Å²) >= 11 is 9.45. The average molecular weight is 513 g/mol. The molecule has 0 saturated carbocycles. The van der Waals surface area contributed by atoms with E-state index in [9.17, 15) is 9.65 Å². The number of hydrogen-bond donors (Lipinski definition) is 1. The van der Waals surface area contributed by atoms with Crippen LogP contribution in [0.1, 0.15) is 17.0 Å². The molecule has 0 atom stereocenters. The van der Waals surface area contributed by atoms with E-state index in [1.54, 1.807) is 37.5 Å².